The van der Waals surface area contributed by atoms with Crippen molar-refractivity contribution in [2.75, 3.05) is 24.6 Å². The van der Waals surface area contributed by atoms with E-state index in [4.69, 9.17) is 4.74 Å². The van der Waals surface area contributed by atoms with E-state index < -0.39 is 15.1 Å². The highest BCUT2D eigenvalue weighted by Crippen LogP contribution is 3.02. The van der Waals surface area contributed by atoms with Crippen molar-refractivity contribution >= 4 is 26.9 Å². The van der Waals surface area contributed by atoms with Crippen LogP contribution in [0, 0.1) is 11.3 Å². The Morgan fingerprint density at radius 1 is 1.10 bits per heavy atom. The van der Waals surface area contributed by atoms with E-state index in [-0.39, 0.29) is 41.7 Å². The van der Waals surface area contributed by atoms with Gasteiger partial charge >= 0.3 is 10.2 Å². The third-order valence-electron chi connectivity index (χ3n) is 7.70. The highest BCUT2D eigenvalue weighted by molar-refractivity contribution is 8.45. The summed E-state index contributed by atoms with van der Waals surface area (Å²) in [5.74, 6) is 0.172. The second-order valence-electron chi connectivity index (χ2n) is 10.1. The number of nitriles is 1. The number of halogens is 5. The van der Waals surface area contributed by atoms with E-state index in [9.17, 15) is 29.5 Å². The van der Waals surface area contributed by atoms with Gasteiger partial charge in [0.1, 0.15) is 34.5 Å². The molecule has 2 aromatic heterocycles. The van der Waals surface area contributed by atoms with Gasteiger partial charge in [0.25, 0.3) is 5.56 Å². The number of aryl methyl sites for hydroxylation is 1. The summed E-state index contributed by atoms with van der Waals surface area (Å²) in [4.78, 5) is 20.0. The lowest BCUT2D eigenvalue weighted by Gasteiger charge is -2.51. The van der Waals surface area contributed by atoms with Crippen LogP contribution in [0.25, 0.3) is 11.0 Å². The monoisotopic (exact) mass is 569 g/mol. The van der Waals surface area contributed by atoms with E-state index in [0.29, 0.717) is 60.3 Å². The molecule has 1 saturated heterocycles. The van der Waals surface area contributed by atoms with Crippen LogP contribution >= 0.6 is 10.2 Å². The number of pyridine rings is 2. The second kappa shape index (κ2) is 8.56. The van der Waals surface area contributed by atoms with Crippen molar-refractivity contribution in [2.24, 2.45) is 7.05 Å². The number of fused-ring (bicyclic) bond motifs is 5. The standard InChI is InChI=1S/C26H28F5N5O2S/c1-4-18-13-36-19(14-35(18)21(5-2)16-6-9-20(10-7-16)39(27,28,29,30)31)15-38-25-24(36)23-22(34(3)26(25)37)11-8-17(12-32)33-23/h6-11,18-19,21H,4-5,13-15H2,1-3H3/t18-,19+,21+/m1/s1. The van der Waals surface area contributed by atoms with Gasteiger partial charge in [-0.25, -0.2) is 4.98 Å². The summed E-state index contributed by atoms with van der Waals surface area (Å²) >= 11 is 0. The molecule has 0 spiro atoms. The molecule has 1 fully saturated rings. The van der Waals surface area contributed by atoms with Crippen LogP contribution in [0.4, 0.5) is 25.1 Å². The number of anilines is 1. The van der Waals surface area contributed by atoms with Crippen molar-refractivity contribution in [3.8, 4) is 11.8 Å². The molecule has 4 heterocycles. The zero-order valence-corrected chi connectivity index (χ0v) is 22.4. The van der Waals surface area contributed by atoms with E-state index in [2.05, 4.69) is 14.8 Å². The maximum atomic E-state index is 13.3. The Labute approximate surface area is 222 Å². The number of nitrogens with zero attached hydrogens (tertiary/aromatic N) is 5. The molecular weight excluding hydrogens is 541 g/mol. The first kappa shape index (κ1) is 27.2. The Bertz CT molecular complexity index is 1550. The lowest BCUT2D eigenvalue weighted by Crippen LogP contribution is -2.62. The number of piperazine rings is 1. The number of rotatable bonds is 5. The number of hydrogen-bond donors (Lipinski definition) is 0. The van der Waals surface area contributed by atoms with Crippen molar-refractivity contribution in [1.82, 2.24) is 14.5 Å². The van der Waals surface area contributed by atoms with E-state index in [1.54, 1.807) is 19.2 Å². The first-order valence-corrected chi connectivity index (χ1v) is 14.5. The maximum absolute atomic E-state index is 13.3. The van der Waals surface area contributed by atoms with Crippen LogP contribution in [0.15, 0.2) is 46.1 Å². The summed E-state index contributed by atoms with van der Waals surface area (Å²) in [5, 5.41) is 9.42. The molecule has 0 radical (unpaired) electrons. The molecule has 5 rings (SSSR count). The minimum absolute atomic E-state index is 0.0642. The van der Waals surface area contributed by atoms with Gasteiger partial charge < -0.3 is 14.2 Å². The Morgan fingerprint density at radius 3 is 2.38 bits per heavy atom. The molecular formula is C26H28F5N5O2S. The summed E-state index contributed by atoms with van der Waals surface area (Å²) in [6.45, 7) is 5.06. The SMILES string of the molecule is CC[C@@H]1CN2c3c(c(=O)n(C)c4ccc(C#N)nc34)OC[C@@H]2CN1[C@@H](CC)c1ccc(S(F)(F)(F)(F)F)cc1. The van der Waals surface area contributed by atoms with Crippen LogP contribution < -0.4 is 15.2 Å². The summed E-state index contributed by atoms with van der Waals surface area (Å²) in [6, 6.07) is 7.90. The number of benzene rings is 1. The minimum Gasteiger partial charge on any atom is -0.484 e. The third kappa shape index (κ3) is 4.69. The Morgan fingerprint density at radius 2 is 1.79 bits per heavy atom. The van der Waals surface area contributed by atoms with Crippen LogP contribution in [0.2, 0.25) is 0 Å². The van der Waals surface area contributed by atoms with Gasteiger partial charge in [-0.05, 0) is 42.7 Å². The summed E-state index contributed by atoms with van der Waals surface area (Å²) in [7, 11) is -8.14. The summed E-state index contributed by atoms with van der Waals surface area (Å²) < 4.78 is 73.8. The van der Waals surface area contributed by atoms with E-state index in [1.807, 2.05) is 19.9 Å². The molecule has 2 aliphatic heterocycles. The smallest absolute Gasteiger partial charge is 0.310 e. The Kier molecular flexibility index (Phi) is 5.97. The van der Waals surface area contributed by atoms with E-state index in [1.165, 1.54) is 4.57 Å². The molecule has 3 aromatic rings. The lowest BCUT2D eigenvalue weighted by atomic mass is 9.95. The summed E-state index contributed by atoms with van der Waals surface area (Å²) in [6.07, 6.45) is 1.24. The van der Waals surface area contributed by atoms with Gasteiger partial charge in [0.2, 0.25) is 5.75 Å². The fraction of sp³-hybridized carbons (Fsp3) is 0.423. The zero-order valence-electron chi connectivity index (χ0n) is 21.6. The van der Waals surface area contributed by atoms with Gasteiger partial charge in [0.05, 0.1) is 11.6 Å². The normalized spacial score (nSPS) is 22.2. The lowest BCUT2D eigenvalue weighted by molar-refractivity contribution is 0.0719. The number of ether oxygens (including phenoxy) is 1. The van der Waals surface area contributed by atoms with Crippen LogP contribution in [0.1, 0.15) is 44.0 Å². The molecule has 39 heavy (non-hydrogen) atoms. The van der Waals surface area contributed by atoms with Crippen LogP contribution in [0.5, 0.6) is 5.75 Å². The van der Waals surface area contributed by atoms with Gasteiger partial charge in [-0.3, -0.25) is 9.69 Å². The largest absolute Gasteiger partial charge is 0.484 e. The Balaban J connectivity index is 1.53. The van der Waals surface area contributed by atoms with Gasteiger partial charge in [-0.1, -0.05) is 45.4 Å². The van der Waals surface area contributed by atoms with Gasteiger partial charge in [-0.15, -0.1) is 0 Å². The van der Waals surface area contributed by atoms with Crippen LogP contribution in [0.3, 0.4) is 0 Å². The molecule has 210 valence electrons. The predicted octanol–water partition coefficient (Wildman–Crippen LogP) is 6.28. The molecule has 0 saturated carbocycles. The fourth-order valence-electron chi connectivity index (χ4n) is 5.75. The van der Waals surface area contributed by atoms with Crippen molar-refractivity contribution in [3.05, 3.63) is 58.0 Å². The van der Waals surface area contributed by atoms with Crippen LogP contribution in [-0.2, 0) is 7.05 Å². The molecule has 0 N–H and O–H groups in total. The quantitative estimate of drug-likeness (QED) is 0.337. The van der Waals surface area contributed by atoms with Gasteiger partial charge in [0, 0.05) is 32.2 Å². The van der Waals surface area contributed by atoms with E-state index in [0.717, 1.165) is 12.1 Å². The first-order valence-electron chi connectivity index (χ1n) is 12.6. The number of aromatic nitrogens is 2. The highest BCUT2D eigenvalue weighted by atomic mass is 32.5. The fourth-order valence-corrected chi connectivity index (χ4v) is 6.40. The average Bonchev–Trinajstić information content (AvgIpc) is 2.89. The zero-order chi connectivity index (χ0) is 28.4. The van der Waals surface area contributed by atoms with Crippen molar-refractivity contribution < 1.29 is 24.2 Å². The number of hydrogen-bond acceptors (Lipinski definition) is 6. The molecule has 1 aromatic carbocycles. The molecule has 3 atom stereocenters. The Hall–Kier alpha value is -3.37. The molecule has 7 nitrogen and oxygen atoms in total. The summed E-state index contributed by atoms with van der Waals surface area (Å²) in [5.41, 5.74) is 2.00. The van der Waals surface area contributed by atoms with Gasteiger partial charge in [-0.2, -0.15) is 5.26 Å². The molecule has 2 aliphatic rings. The molecule has 13 heteroatoms. The second-order valence-corrected chi connectivity index (χ2v) is 12.5. The maximum Gasteiger partial charge on any atom is 0.310 e. The third-order valence-corrected chi connectivity index (χ3v) is 8.87. The highest BCUT2D eigenvalue weighted by Gasteiger charge is 2.65. The van der Waals surface area contributed by atoms with Gasteiger partial charge in [0.15, 0.2) is 0 Å². The molecule has 0 bridgehead atoms. The van der Waals surface area contributed by atoms with Crippen molar-refractivity contribution in [3.63, 3.8) is 0 Å². The molecule has 0 aliphatic carbocycles. The molecule has 0 amide bonds. The predicted molar refractivity (Wildman–Crippen MR) is 140 cm³/mol. The molecule has 0 unspecified atom stereocenters. The topological polar surface area (TPSA) is 74.4 Å². The minimum atomic E-state index is -9.76. The van der Waals surface area contributed by atoms with Crippen molar-refractivity contribution in [2.45, 2.75) is 49.7 Å². The van der Waals surface area contributed by atoms with Crippen molar-refractivity contribution in [1.29, 1.82) is 5.26 Å². The average molecular weight is 570 g/mol. The first-order chi connectivity index (χ1) is 18.2. The van der Waals surface area contributed by atoms with E-state index >= 15 is 0 Å². The van der Waals surface area contributed by atoms with Crippen LogP contribution in [-0.4, -0.2) is 46.2 Å².